The molecule has 1 aromatic carbocycles. The summed E-state index contributed by atoms with van der Waals surface area (Å²) in [6.07, 6.45) is 6.36. The van der Waals surface area contributed by atoms with Gasteiger partial charge in [-0.1, -0.05) is 26.7 Å². The van der Waals surface area contributed by atoms with E-state index >= 15 is 0 Å². The van der Waals surface area contributed by atoms with E-state index in [9.17, 15) is 23.9 Å². The normalized spacial score (nSPS) is 29.7. The molecule has 4 atom stereocenters. The third-order valence-corrected chi connectivity index (χ3v) is 9.58. The van der Waals surface area contributed by atoms with Crippen LogP contribution in [0.15, 0.2) is 12.1 Å². The molecular formula is C30H43FN2O6. The minimum atomic E-state index is -0.835. The number of hydrogen-bond acceptors (Lipinski definition) is 5. The van der Waals surface area contributed by atoms with Crippen LogP contribution >= 0.6 is 0 Å². The third-order valence-electron chi connectivity index (χ3n) is 9.58. The van der Waals surface area contributed by atoms with Gasteiger partial charge >= 0.3 is 5.97 Å². The Hall–Kier alpha value is -2.84. The molecule has 1 aromatic rings. The molecule has 4 rings (SSSR count). The number of rotatable bonds is 11. The fourth-order valence-electron chi connectivity index (χ4n) is 6.76. The van der Waals surface area contributed by atoms with Crippen molar-refractivity contribution < 1.29 is 33.4 Å². The van der Waals surface area contributed by atoms with Crippen molar-refractivity contribution in [3.63, 3.8) is 0 Å². The molecule has 0 aliphatic heterocycles. The lowest BCUT2D eigenvalue weighted by Gasteiger charge is -2.34. The van der Waals surface area contributed by atoms with Crippen LogP contribution < -0.4 is 20.1 Å². The van der Waals surface area contributed by atoms with Gasteiger partial charge in [-0.15, -0.1) is 0 Å². The molecule has 8 nitrogen and oxygen atoms in total. The monoisotopic (exact) mass is 546 g/mol. The van der Waals surface area contributed by atoms with Gasteiger partial charge in [0.05, 0.1) is 30.1 Å². The summed E-state index contributed by atoms with van der Waals surface area (Å²) in [4.78, 5) is 38.3. The van der Waals surface area contributed by atoms with E-state index in [1.807, 2.05) is 0 Å². The Morgan fingerprint density at radius 1 is 1.08 bits per heavy atom. The molecule has 0 unspecified atom stereocenters. The largest absolute Gasteiger partial charge is 0.496 e. The van der Waals surface area contributed by atoms with Gasteiger partial charge in [0.25, 0.3) is 5.91 Å². The zero-order valence-corrected chi connectivity index (χ0v) is 23.6. The Labute approximate surface area is 230 Å². The molecule has 39 heavy (non-hydrogen) atoms. The van der Waals surface area contributed by atoms with E-state index in [0.717, 1.165) is 38.2 Å². The molecule has 3 fully saturated rings. The number of carboxylic acids is 1. The van der Waals surface area contributed by atoms with Crippen molar-refractivity contribution in [2.75, 3.05) is 13.7 Å². The zero-order valence-electron chi connectivity index (χ0n) is 23.6. The Bertz CT molecular complexity index is 1070. The van der Waals surface area contributed by atoms with Crippen LogP contribution in [-0.4, -0.2) is 48.7 Å². The van der Waals surface area contributed by atoms with Crippen molar-refractivity contribution in [3.8, 4) is 11.5 Å². The van der Waals surface area contributed by atoms with Gasteiger partial charge in [-0.25, -0.2) is 4.39 Å². The van der Waals surface area contributed by atoms with E-state index in [1.165, 1.54) is 13.2 Å². The van der Waals surface area contributed by atoms with Crippen molar-refractivity contribution in [3.05, 3.63) is 23.5 Å². The highest BCUT2D eigenvalue weighted by Crippen LogP contribution is 2.49. The first-order valence-corrected chi connectivity index (χ1v) is 14.5. The topological polar surface area (TPSA) is 114 Å². The fourth-order valence-corrected chi connectivity index (χ4v) is 6.76. The smallest absolute Gasteiger partial charge is 0.309 e. The number of ether oxygens (including phenoxy) is 2. The molecule has 2 amide bonds. The van der Waals surface area contributed by atoms with Crippen LogP contribution in [0.4, 0.5) is 4.39 Å². The summed E-state index contributed by atoms with van der Waals surface area (Å²) in [6, 6.07) is 2.22. The highest BCUT2D eigenvalue weighted by atomic mass is 19.1. The lowest BCUT2D eigenvalue weighted by atomic mass is 9.75. The number of amides is 2. The fraction of sp³-hybridized carbons (Fsp3) is 0.700. The summed E-state index contributed by atoms with van der Waals surface area (Å²) < 4.78 is 26.2. The SMILES string of the molecule is CCC(CC)CNC(=O)[C@H]1[C@@H]2CC[C@@H](C2)[C@H]1NC(=O)c1cc(O[C@H]2CC[C@@](C)(C(=O)O)CC2)c(F)cc1OC. The number of aliphatic carboxylic acids is 1. The number of hydrogen-bond donors (Lipinski definition) is 3. The summed E-state index contributed by atoms with van der Waals surface area (Å²) in [5.74, 6) is -1.23. The molecule has 3 N–H and O–H groups in total. The highest BCUT2D eigenvalue weighted by molar-refractivity contribution is 5.98. The average molecular weight is 547 g/mol. The number of halogens is 1. The molecule has 0 radical (unpaired) electrons. The maximum atomic E-state index is 14.9. The third kappa shape index (κ3) is 6.17. The van der Waals surface area contributed by atoms with Crippen molar-refractivity contribution in [2.45, 2.75) is 90.7 Å². The first-order valence-electron chi connectivity index (χ1n) is 14.5. The average Bonchev–Trinajstić information content (AvgIpc) is 3.53. The number of fused-ring (bicyclic) bond motifs is 2. The molecule has 0 spiro atoms. The van der Waals surface area contributed by atoms with Crippen LogP contribution in [0, 0.1) is 34.9 Å². The van der Waals surface area contributed by atoms with Gasteiger partial charge in [0, 0.05) is 18.7 Å². The molecule has 0 heterocycles. The van der Waals surface area contributed by atoms with Gasteiger partial charge in [-0.3, -0.25) is 14.4 Å². The molecule has 0 aromatic heterocycles. The lowest BCUT2D eigenvalue weighted by molar-refractivity contribution is -0.150. The molecule has 3 aliphatic rings. The molecular weight excluding hydrogens is 503 g/mol. The van der Waals surface area contributed by atoms with Crippen molar-refractivity contribution in [2.24, 2.45) is 29.1 Å². The predicted molar refractivity (Wildman–Crippen MR) is 144 cm³/mol. The zero-order chi connectivity index (χ0) is 28.3. The van der Waals surface area contributed by atoms with Gasteiger partial charge < -0.3 is 25.2 Å². The first-order chi connectivity index (χ1) is 18.6. The molecule has 2 bridgehead atoms. The Morgan fingerprint density at radius 2 is 1.74 bits per heavy atom. The van der Waals surface area contributed by atoms with Crippen LogP contribution in [0.1, 0.15) is 88.9 Å². The summed E-state index contributed by atoms with van der Waals surface area (Å²) in [5, 5.41) is 15.7. The van der Waals surface area contributed by atoms with E-state index in [0.29, 0.717) is 38.1 Å². The standard InChI is InChI=1S/C30H43FN2O6/c1-5-17(6-2)16-32-28(35)25-18-7-8-19(13-18)26(25)33-27(34)21-14-24(22(31)15-23(21)38-4)39-20-9-11-30(3,12-10-20)29(36)37/h14-15,17-20,25-26H,5-13,16H2,1-4H3,(H,32,35)(H,33,34)(H,36,37)/t18-,19+,20-,25+,26-,30+/m1/s1. The minimum absolute atomic E-state index is 0.000142. The van der Waals surface area contributed by atoms with Gasteiger partial charge in [0.2, 0.25) is 5.91 Å². The molecule has 3 aliphatic carbocycles. The van der Waals surface area contributed by atoms with Crippen molar-refractivity contribution >= 4 is 17.8 Å². The van der Waals surface area contributed by atoms with Crippen LogP contribution in [0.5, 0.6) is 11.5 Å². The molecule has 216 valence electrons. The maximum absolute atomic E-state index is 14.9. The summed E-state index contributed by atoms with van der Waals surface area (Å²) >= 11 is 0. The number of benzene rings is 1. The van der Waals surface area contributed by atoms with Crippen LogP contribution in [0.3, 0.4) is 0 Å². The maximum Gasteiger partial charge on any atom is 0.309 e. The van der Waals surface area contributed by atoms with Crippen molar-refractivity contribution in [1.82, 2.24) is 10.6 Å². The number of carbonyl (C=O) groups is 3. The number of methoxy groups -OCH3 is 1. The van der Waals surface area contributed by atoms with Gasteiger partial charge in [-0.05, 0) is 75.7 Å². The summed E-state index contributed by atoms with van der Waals surface area (Å²) in [7, 11) is 1.38. The second kappa shape index (κ2) is 12.1. The quantitative estimate of drug-likeness (QED) is 0.362. The highest BCUT2D eigenvalue weighted by Gasteiger charge is 2.51. The predicted octanol–water partition coefficient (Wildman–Crippen LogP) is 4.94. The molecule has 9 heteroatoms. The number of carboxylic acid groups (broad SMARTS) is 1. The van der Waals surface area contributed by atoms with Gasteiger partial charge in [0.15, 0.2) is 11.6 Å². The lowest BCUT2D eigenvalue weighted by Crippen LogP contribution is -2.50. The molecule has 3 saturated carbocycles. The van der Waals surface area contributed by atoms with Gasteiger partial charge in [0.1, 0.15) is 5.75 Å². The minimum Gasteiger partial charge on any atom is -0.496 e. The first kappa shape index (κ1) is 29.2. The van der Waals surface area contributed by atoms with E-state index in [-0.39, 0.29) is 52.9 Å². The Morgan fingerprint density at radius 3 is 2.36 bits per heavy atom. The van der Waals surface area contributed by atoms with Crippen LogP contribution in [0.25, 0.3) is 0 Å². The molecule has 0 saturated heterocycles. The Kier molecular flexibility index (Phi) is 9.07. The Balaban J connectivity index is 1.47. The van der Waals surface area contributed by atoms with Crippen LogP contribution in [0.2, 0.25) is 0 Å². The summed E-state index contributed by atoms with van der Waals surface area (Å²) in [6.45, 7) is 6.60. The number of carbonyl (C=O) groups excluding carboxylic acids is 2. The van der Waals surface area contributed by atoms with E-state index in [1.54, 1.807) is 6.92 Å². The number of nitrogens with one attached hydrogen (secondary N) is 2. The van der Waals surface area contributed by atoms with E-state index in [4.69, 9.17) is 9.47 Å². The summed E-state index contributed by atoms with van der Waals surface area (Å²) in [5.41, 5.74) is -0.653. The van der Waals surface area contributed by atoms with Crippen LogP contribution in [-0.2, 0) is 9.59 Å². The second-order valence-electron chi connectivity index (χ2n) is 12.0. The van der Waals surface area contributed by atoms with E-state index < -0.39 is 23.1 Å². The van der Waals surface area contributed by atoms with Gasteiger partial charge in [-0.2, -0.15) is 0 Å². The van der Waals surface area contributed by atoms with E-state index in [2.05, 4.69) is 24.5 Å². The second-order valence-corrected chi connectivity index (χ2v) is 12.0. The van der Waals surface area contributed by atoms with Crippen molar-refractivity contribution in [1.29, 1.82) is 0 Å².